The van der Waals surface area contributed by atoms with Gasteiger partial charge in [-0.3, -0.25) is 14.2 Å². The Morgan fingerprint density at radius 3 is 2.44 bits per heavy atom. The van der Waals surface area contributed by atoms with Gasteiger partial charge in [-0.1, -0.05) is 23.2 Å². The summed E-state index contributed by atoms with van der Waals surface area (Å²) in [5.74, 6) is -1.28. The number of carbonyl (C=O) groups excluding carboxylic acids is 2. The van der Waals surface area contributed by atoms with Crippen LogP contribution in [-0.4, -0.2) is 16.3 Å². The second kappa shape index (κ2) is 6.74. The van der Waals surface area contributed by atoms with Crippen molar-refractivity contribution < 1.29 is 14.0 Å². The summed E-state index contributed by atoms with van der Waals surface area (Å²) in [5, 5.41) is 3.38. The SMILES string of the molecule is CC(=O)c1ccc2c(c1)oc(=O)n2CC(=O)Nc1cc(Cl)cc(Cl)c1. The Hall–Kier alpha value is -2.57. The number of carbonyl (C=O) groups is 2. The molecule has 0 atom stereocenters. The standard InChI is InChI=1S/C17H12Cl2N2O4/c1-9(22)10-2-3-14-15(4-10)25-17(24)21(14)8-16(23)20-13-6-11(18)5-12(19)7-13/h2-7H,8H2,1H3,(H,20,23). The third-order valence-electron chi connectivity index (χ3n) is 3.52. The highest BCUT2D eigenvalue weighted by Gasteiger charge is 2.14. The van der Waals surface area contributed by atoms with Crippen LogP contribution in [0.2, 0.25) is 10.0 Å². The minimum Gasteiger partial charge on any atom is -0.408 e. The second-order valence-corrected chi connectivity index (χ2v) is 6.27. The van der Waals surface area contributed by atoms with Gasteiger partial charge in [0.05, 0.1) is 5.52 Å². The predicted molar refractivity (Wildman–Crippen MR) is 95.6 cm³/mol. The first kappa shape index (κ1) is 17.3. The summed E-state index contributed by atoms with van der Waals surface area (Å²) >= 11 is 11.8. The Morgan fingerprint density at radius 2 is 1.80 bits per heavy atom. The lowest BCUT2D eigenvalue weighted by Gasteiger charge is -2.07. The normalized spacial score (nSPS) is 10.8. The molecule has 1 heterocycles. The lowest BCUT2D eigenvalue weighted by Crippen LogP contribution is -2.24. The summed E-state index contributed by atoms with van der Waals surface area (Å²) in [6.07, 6.45) is 0. The molecule has 0 unspecified atom stereocenters. The van der Waals surface area contributed by atoms with E-state index in [0.717, 1.165) is 0 Å². The van der Waals surface area contributed by atoms with Crippen molar-refractivity contribution in [2.75, 3.05) is 5.32 Å². The zero-order valence-electron chi connectivity index (χ0n) is 13.0. The van der Waals surface area contributed by atoms with Crippen molar-refractivity contribution in [1.82, 2.24) is 4.57 Å². The number of Topliss-reactive ketones (excluding diaryl/α,β-unsaturated/α-hetero) is 1. The third-order valence-corrected chi connectivity index (χ3v) is 3.96. The first-order valence-corrected chi connectivity index (χ1v) is 7.99. The number of nitrogens with one attached hydrogen (secondary N) is 1. The summed E-state index contributed by atoms with van der Waals surface area (Å²) in [7, 11) is 0. The molecule has 3 rings (SSSR count). The summed E-state index contributed by atoms with van der Waals surface area (Å²) in [4.78, 5) is 35.6. The van der Waals surface area contributed by atoms with E-state index in [-0.39, 0.29) is 17.9 Å². The number of rotatable bonds is 4. The molecule has 1 N–H and O–H groups in total. The molecule has 0 saturated carbocycles. The number of anilines is 1. The highest BCUT2D eigenvalue weighted by atomic mass is 35.5. The van der Waals surface area contributed by atoms with Crippen LogP contribution in [0.15, 0.2) is 45.6 Å². The maximum Gasteiger partial charge on any atom is 0.420 e. The highest BCUT2D eigenvalue weighted by Crippen LogP contribution is 2.22. The summed E-state index contributed by atoms with van der Waals surface area (Å²) in [6, 6.07) is 9.25. The molecule has 0 aliphatic heterocycles. The number of hydrogen-bond donors (Lipinski definition) is 1. The Morgan fingerprint density at radius 1 is 1.12 bits per heavy atom. The van der Waals surface area contributed by atoms with Gasteiger partial charge in [0.2, 0.25) is 5.91 Å². The number of aromatic nitrogens is 1. The van der Waals surface area contributed by atoms with E-state index in [1.54, 1.807) is 30.3 Å². The molecule has 0 aliphatic rings. The van der Waals surface area contributed by atoms with Crippen molar-refractivity contribution in [2.45, 2.75) is 13.5 Å². The van der Waals surface area contributed by atoms with E-state index >= 15 is 0 Å². The number of benzene rings is 2. The lowest BCUT2D eigenvalue weighted by molar-refractivity contribution is -0.116. The van der Waals surface area contributed by atoms with Gasteiger partial charge in [0.1, 0.15) is 6.54 Å². The fraction of sp³-hybridized carbons (Fsp3) is 0.118. The largest absolute Gasteiger partial charge is 0.420 e. The molecule has 2 aromatic carbocycles. The van der Waals surface area contributed by atoms with Crippen LogP contribution in [0.5, 0.6) is 0 Å². The van der Waals surface area contributed by atoms with Gasteiger partial charge in [0.25, 0.3) is 0 Å². The molecule has 0 aliphatic carbocycles. The molecule has 0 bridgehead atoms. The number of amides is 1. The molecule has 8 heteroatoms. The van der Waals surface area contributed by atoms with Gasteiger partial charge >= 0.3 is 5.76 Å². The van der Waals surface area contributed by atoms with Gasteiger partial charge in [0.15, 0.2) is 11.4 Å². The molecule has 6 nitrogen and oxygen atoms in total. The van der Waals surface area contributed by atoms with E-state index in [1.165, 1.54) is 17.6 Å². The Bertz CT molecular complexity index is 1030. The molecule has 0 spiro atoms. The van der Waals surface area contributed by atoms with Gasteiger partial charge in [-0.15, -0.1) is 0 Å². The van der Waals surface area contributed by atoms with Crippen LogP contribution in [-0.2, 0) is 11.3 Å². The average molecular weight is 379 g/mol. The van der Waals surface area contributed by atoms with Gasteiger partial charge in [-0.2, -0.15) is 0 Å². The van der Waals surface area contributed by atoms with Crippen molar-refractivity contribution in [2.24, 2.45) is 0 Å². The van der Waals surface area contributed by atoms with Crippen LogP contribution in [0.1, 0.15) is 17.3 Å². The van der Waals surface area contributed by atoms with Crippen LogP contribution in [0, 0.1) is 0 Å². The summed E-state index contributed by atoms with van der Waals surface area (Å²) in [5.41, 5.74) is 1.51. The predicted octanol–water partition coefficient (Wildman–Crippen LogP) is 3.74. The lowest BCUT2D eigenvalue weighted by atomic mass is 10.1. The van der Waals surface area contributed by atoms with Crippen molar-refractivity contribution in [3.63, 3.8) is 0 Å². The van der Waals surface area contributed by atoms with Crippen LogP contribution in [0.25, 0.3) is 11.1 Å². The molecule has 25 heavy (non-hydrogen) atoms. The second-order valence-electron chi connectivity index (χ2n) is 5.40. The van der Waals surface area contributed by atoms with Crippen LogP contribution in [0.4, 0.5) is 5.69 Å². The minimum absolute atomic E-state index is 0.145. The third kappa shape index (κ3) is 3.75. The molecular weight excluding hydrogens is 367 g/mol. The fourth-order valence-electron chi connectivity index (χ4n) is 2.41. The number of nitrogens with zero attached hydrogens (tertiary/aromatic N) is 1. The maximum absolute atomic E-state index is 12.2. The number of halogens is 2. The highest BCUT2D eigenvalue weighted by molar-refractivity contribution is 6.35. The van der Waals surface area contributed by atoms with Gasteiger partial charge in [-0.25, -0.2) is 4.79 Å². The Labute approximate surface area is 151 Å². The molecule has 0 saturated heterocycles. The molecule has 1 amide bonds. The van der Waals surface area contributed by atoms with E-state index in [4.69, 9.17) is 27.6 Å². The van der Waals surface area contributed by atoms with E-state index in [9.17, 15) is 14.4 Å². The first-order valence-electron chi connectivity index (χ1n) is 7.24. The number of fused-ring (bicyclic) bond motifs is 1. The van der Waals surface area contributed by atoms with E-state index in [2.05, 4.69) is 5.32 Å². The first-order chi connectivity index (χ1) is 11.8. The molecule has 0 fully saturated rings. The van der Waals surface area contributed by atoms with Gasteiger partial charge < -0.3 is 9.73 Å². The number of ketones is 1. The van der Waals surface area contributed by atoms with Gasteiger partial charge in [0, 0.05) is 21.3 Å². The van der Waals surface area contributed by atoms with Crippen molar-refractivity contribution in [3.8, 4) is 0 Å². The van der Waals surface area contributed by atoms with E-state index < -0.39 is 11.7 Å². The molecule has 1 aromatic heterocycles. The number of oxazole rings is 1. The van der Waals surface area contributed by atoms with Crippen LogP contribution < -0.4 is 11.1 Å². The maximum atomic E-state index is 12.2. The molecule has 3 aromatic rings. The van der Waals surface area contributed by atoms with Gasteiger partial charge in [-0.05, 0) is 43.3 Å². The topological polar surface area (TPSA) is 81.3 Å². The number of hydrogen-bond acceptors (Lipinski definition) is 4. The smallest absolute Gasteiger partial charge is 0.408 e. The quantitative estimate of drug-likeness (QED) is 0.701. The molecule has 128 valence electrons. The van der Waals surface area contributed by atoms with E-state index in [0.29, 0.717) is 26.8 Å². The van der Waals surface area contributed by atoms with Crippen LogP contribution in [0.3, 0.4) is 0 Å². The molecule has 0 radical (unpaired) electrons. The van der Waals surface area contributed by atoms with Crippen molar-refractivity contribution in [1.29, 1.82) is 0 Å². The Balaban J connectivity index is 1.87. The zero-order chi connectivity index (χ0) is 18.1. The summed E-state index contributed by atoms with van der Waals surface area (Å²) < 4.78 is 6.29. The fourth-order valence-corrected chi connectivity index (χ4v) is 2.93. The van der Waals surface area contributed by atoms with Crippen LogP contribution >= 0.6 is 23.2 Å². The zero-order valence-corrected chi connectivity index (χ0v) is 14.5. The average Bonchev–Trinajstić information content (AvgIpc) is 2.81. The van der Waals surface area contributed by atoms with Crippen molar-refractivity contribution >= 4 is 51.7 Å². The Kier molecular flexibility index (Phi) is 4.65. The van der Waals surface area contributed by atoms with Crippen molar-refractivity contribution in [3.05, 3.63) is 62.6 Å². The minimum atomic E-state index is -0.685. The van der Waals surface area contributed by atoms with E-state index in [1.807, 2.05) is 0 Å². The monoisotopic (exact) mass is 378 g/mol. The summed E-state index contributed by atoms with van der Waals surface area (Å²) in [6.45, 7) is 1.16. The molecular formula is C17H12Cl2N2O4.